The monoisotopic (exact) mass is 383 g/mol. The molecule has 29 heavy (non-hydrogen) atoms. The van der Waals surface area contributed by atoms with E-state index in [2.05, 4.69) is 33.8 Å². The molecule has 146 valence electrons. The van der Waals surface area contributed by atoms with Gasteiger partial charge in [-0.3, -0.25) is 4.79 Å². The third-order valence-corrected chi connectivity index (χ3v) is 5.18. The number of rotatable bonds is 8. The highest BCUT2D eigenvalue weighted by Gasteiger charge is 2.15. The van der Waals surface area contributed by atoms with Gasteiger partial charge in [-0.15, -0.1) is 0 Å². The highest BCUT2D eigenvalue weighted by Crippen LogP contribution is 2.14. The first-order valence-corrected chi connectivity index (χ1v) is 10.0. The number of nitrogens with zero attached hydrogens (tertiary/aromatic N) is 3. The maximum absolute atomic E-state index is 13.1. The van der Waals surface area contributed by atoms with Crippen LogP contribution in [0.25, 0.3) is 11.0 Å². The SMILES string of the molecule is O=C(CCn1cnc2ccccc21)N(CCc1ccccc1)Cc1ccccc1. The molecule has 4 aromatic rings. The summed E-state index contributed by atoms with van der Waals surface area (Å²) in [4.78, 5) is 19.5. The number of imidazole rings is 1. The standard InChI is InChI=1S/C25H25N3O/c29-25(16-18-28-20-26-23-13-7-8-14-24(23)28)27(19-22-11-5-2-6-12-22)17-15-21-9-3-1-4-10-21/h1-14,20H,15-19H2. The summed E-state index contributed by atoms with van der Waals surface area (Å²) < 4.78 is 2.06. The van der Waals surface area contributed by atoms with Crippen LogP contribution < -0.4 is 0 Å². The lowest BCUT2D eigenvalue weighted by Crippen LogP contribution is -2.33. The number of fused-ring (bicyclic) bond motifs is 1. The van der Waals surface area contributed by atoms with E-state index in [1.807, 2.05) is 71.9 Å². The average molecular weight is 383 g/mol. The molecule has 0 radical (unpaired) electrons. The molecule has 0 saturated heterocycles. The van der Waals surface area contributed by atoms with Gasteiger partial charge in [0.1, 0.15) is 0 Å². The first-order valence-electron chi connectivity index (χ1n) is 10.0. The van der Waals surface area contributed by atoms with Crippen LogP contribution >= 0.6 is 0 Å². The largest absolute Gasteiger partial charge is 0.338 e. The van der Waals surface area contributed by atoms with E-state index in [9.17, 15) is 4.79 Å². The Morgan fingerprint density at radius 2 is 1.48 bits per heavy atom. The molecule has 0 saturated carbocycles. The molecule has 0 fully saturated rings. The predicted molar refractivity (Wildman–Crippen MR) is 116 cm³/mol. The Labute approximate surface area is 171 Å². The zero-order valence-corrected chi connectivity index (χ0v) is 16.4. The lowest BCUT2D eigenvalue weighted by molar-refractivity contribution is -0.132. The van der Waals surface area contributed by atoms with Crippen LogP contribution in [0.3, 0.4) is 0 Å². The Kier molecular flexibility index (Phi) is 6.01. The van der Waals surface area contributed by atoms with Crippen LogP contribution in [0.4, 0.5) is 0 Å². The van der Waals surface area contributed by atoms with Gasteiger partial charge in [0, 0.05) is 26.1 Å². The van der Waals surface area contributed by atoms with Crippen molar-refractivity contribution in [2.24, 2.45) is 0 Å². The molecule has 0 N–H and O–H groups in total. The number of hydrogen-bond acceptors (Lipinski definition) is 2. The van der Waals surface area contributed by atoms with Crippen molar-refractivity contribution in [3.8, 4) is 0 Å². The highest BCUT2D eigenvalue weighted by atomic mass is 16.2. The van der Waals surface area contributed by atoms with Gasteiger partial charge in [-0.25, -0.2) is 4.98 Å². The van der Waals surface area contributed by atoms with Gasteiger partial charge in [-0.05, 0) is 29.7 Å². The van der Waals surface area contributed by atoms with Crippen molar-refractivity contribution in [2.75, 3.05) is 6.54 Å². The molecule has 0 unspecified atom stereocenters. The molecule has 1 aromatic heterocycles. The minimum absolute atomic E-state index is 0.169. The third kappa shape index (κ3) is 4.91. The van der Waals surface area contributed by atoms with Gasteiger partial charge >= 0.3 is 0 Å². The van der Waals surface area contributed by atoms with Gasteiger partial charge in [0.15, 0.2) is 0 Å². The maximum atomic E-state index is 13.1. The topological polar surface area (TPSA) is 38.1 Å². The van der Waals surface area contributed by atoms with Crippen LogP contribution in [0, 0.1) is 0 Å². The van der Waals surface area contributed by atoms with Gasteiger partial charge < -0.3 is 9.47 Å². The number of aromatic nitrogens is 2. The summed E-state index contributed by atoms with van der Waals surface area (Å²) in [5.41, 5.74) is 4.44. The highest BCUT2D eigenvalue weighted by molar-refractivity contribution is 5.77. The van der Waals surface area contributed by atoms with Crippen LogP contribution in [0.5, 0.6) is 0 Å². The van der Waals surface area contributed by atoms with Gasteiger partial charge in [0.25, 0.3) is 0 Å². The quantitative estimate of drug-likeness (QED) is 0.442. The molecule has 0 aliphatic carbocycles. The Balaban J connectivity index is 1.44. The summed E-state index contributed by atoms with van der Waals surface area (Å²) in [6, 6.07) is 28.6. The summed E-state index contributed by atoms with van der Waals surface area (Å²) in [6.45, 7) is 1.98. The van der Waals surface area contributed by atoms with Gasteiger partial charge in [0.2, 0.25) is 5.91 Å². The summed E-state index contributed by atoms with van der Waals surface area (Å²) in [5.74, 6) is 0.169. The summed E-state index contributed by atoms with van der Waals surface area (Å²) in [7, 11) is 0. The van der Waals surface area contributed by atoms with Crippen LogP contribution in [0.2, 0.25) is 0 Å². The van der Waals surface area contributed by atoms with E-state index in [0.717, 1.165) is 23.0 Å². The molecule has 1 amide bonds. The smallest absolute Gasteiger partial charge is 0.224 e. The molecular weight excluding hydrogens is 358 g/mol. The van der Waals surface area contributed by atoms with E-state index in [0.29, 0.717) is 26.1 Å². The first kappa shape index (κ1) is 18.9. The Hall–Kier alpha value is -3.40. The van der Waals surface area contributed by atoms with Gasteiger partial charge in [-0.2, -0.15) is 0 Å². The molecule has 0 aliphatic heterocycles. The fraction of sp³-hybridized carbons (Fsp3) is 0.200. The van der Waals surface area contributed by atoms with Crippen molar-refractivity contribution in [1.82, 2.24) is 14.5 Å². The van der Waals surface area contributed by atoms with Crippen molar-refractivity contribution >= 4 is 16.9 Å². The molecular formula is C25H25N3O. The first-order chi connectivity index (χ1) is 14.3. The maximum Gasteiger partial charge on any atom is 0.224 e. The van der Waals surface area contributed by atoms with Crippen LogP contribution in [0.15, 0.2) is 91.3 Å². The Bertz CT molecular complexity index is 1060. The molecule has 3 aromatic carbocycles. The molecule has 0 atom stereocenters. The zero-order chi connectivity index (χ0) is 19.9. The second-order valence-electron chi connectivity index (χ2n) is 7.21. The van der Waals surface area contributed by atoms with Crippen molar-refractivity contribution < 1.29 is 4.79 Å². The Morgan fingerprint density at radius 3 is 2.24 bits per heavy atom. The fourth-order valence-electron chi connectivity index (χ4n) is 3.57. The van der Waals surface area contributed by atoms with E-state index >= 15 is 0 Å². The normalized spacial score (nSPS) is 10.9. The average Bonchev–Trinajstić information content (AvgIpc) is 3.19. The number of benzene rings is 3. The second kappa shape index (κ2) is 9.20. The van der Waals surface area contributed by atoms with Crippen LogP contribution in [-0.4, -0.2) is 26.9 Å². The number of hydrogen-bond donors (Lipinski definition) is 0. The molecule has 4 rings (SSSR count). The van der Waals surface area contributed by atoms with E-state index in [1.54, 1.807) is 0 Å². The fourth-order valence-corrected chi connectivity index (χ4v) is 3.57. The summed E-state index contributed by atoms with van der Waals surface area (Å²) >= 11 is 0. The molecule has 4 heteroatoms. The van der Waals surface area contributed by atoms with Crippen molar-refractivity contribution in [3.05, 3.63) is 102 Å². The molecule has 4 nitrogen and oxygen atoms in total. The van der Waals surface area contributed by atoms with E-state index in [4.69, 9.17) is 0 Å². The van der Waals surface area contributed by atoms with Crippen molar-refractivity contribution in [3.63, 3.8) is 0 Å². The number of para-hydroxylation sites is 2. The van der Waals surface area contributed by atoms with Gasteiger partial charge in [0.05, 0.1) is 17.4 Å². The number of carbonyl (C=O) groups is 1. The number of amides is 1. The molecule has 0 aliphatic rings. The lowest BCUT2D eigenvalue weighted by Gasteiger charge is -2.23. The number of carbonyl (C=O) groups excluding carboxylic acids is 1. The minimum atomic E-state index is 0.169. The summed E-state index contributed by atoms with van der Waals surface area (Å²) in [5, 5.41) is 0. The number of aryl methyl sites for hydroxylation is 1. The zero-order valence-electron chi connectivity index (χ0n) is 16.4. The van der Waals surface area contributed by atoms with E-state index < -0.39 is 0 Å². The van der Waals surface area contributed by atoms with Crippen LogP contribution in [0.1, 0.15) is 17.5 Å². The predicted octanol–water partition coefficient (Wildman–Crippen LogP) is 4.70. The van der Waals surface area contributed by atoms with Crippen LogP contribution in [-0.2, 0) is 24.3 Å². The third-order valence-electron chi connectivity index (χ3n) is 5.18. The lowest BCUT2D eigenvalue weighted by atomic mass is 10.1. The molecule has 0 spiro atoms. The van der Waals surface area contributed by atoms with Gasteiger partial charge in [-0.1, -0.05) is 72.8 Å². The summed E-state index contributed by atoms with van der Waals surface area (Å²) in [6.07, 6.45) is 3.14. The second-order valence-corrected chi connectivity index (χ2v) is 7.21. The van der Waals surface area contributed by atoms with Crippen molar-refractivity contribution in [1.29, 1.82) is 0 Å². The minimum Gasteiger partial charge on any atom is -0.338 e. The van der Waals surface area contributed by atoms with Crippen molar-refractivity contribution in [2.45, 2.75) is 25.9 Å². The van der Waals surface area contributed by atoms with E-state index in [1.165, 1.54) is 5.56 Å². The van der Waals surface area contributed by atoms with E-state index in [-0.39, 0.29) is 5.91 Å². The molecule has 1 heterocycles. The molecule has 0 bridgehead atoms. The Morgan fingerprint density at radius 1 is 0.828 bits per heavy atom.